The SMILES string of the molecule is Cc1ccc(O[C@@H](C)C(=O)NCc2ccccc2)c([N+](=O)[O-])c1. The summed E-state index contributed by atoms with van der Waals surface area (Å²) in [6, 6.07) is 14.1. The lowest BCUT2D eigenvalue weighted by Crippen LogP contribution is -2.36. The molecule has 0 spiro atoms. The summed E-state index contributed by atoms with van der Waals surface area (Å²) in [5, 5.41) is 13.8. The number of carbonyl (C=O) groups excluding carboxylic acids is 1. The summed E-state index contributed by atoms with van der Waals surface area (Å²) in [6.07, 6.45) is -0.833. The van der Waals surface area contributed by atoms with Crippen LogP contribution in [0.15, 0.2) is 48.5 Å². The number of hydrogen-bond acceptors (Lipinski definition) is 4. The second kappa shape index (κ2) is 7.40. The van der Waals surface area contributed by atoms with Crippen LogP contribution in [0.25, 0.3) is 0 Å². The van der Waals surface area contributed by atoms with Crippen molar-refractivity contribution >= 4 is 11.6 Å². The van der Waals surface area contributed by atoms with Gasteiger partial charge in [0.1, 0.15) is 0 Å². The Balaban J connectivity index is 2.00. The third-order valence-electron chi connectivity index (χ3n) is 3.29. The summed E-state index contributed by atoms with van der Waals surface area (Å²) in [6.45, 7) is 3.69. The molecule has 0 aliphatic rings. The van der Waals surface area contributed by atoms with E-state index in [4.69, 9.17) is 4.74 Å². The molecular weight excluding hydrogens is 296 g/mol. The van der Waals surface area contributed by atoms with E-state index in [0.29, 0.717) is 6.54 Å². The molecule has 2 rings (SSSR count). The number of hydrogen-bond donors (Lipinski definition) is 1. The van der Waals surface area contributed by atoms with Gasteiger partial charge in [0.25, 0.3) is 5.91 Å². The summed E-state index contributed by atoms with van der Waals surface area (Å²) in [5.74, 6) is -0.244. The first-order valence-electron chi connectivity index (χ1n) is 7.20. The lowest BCUT2D eigenvalue weighted by Gasteiger charge is -2.15. The Morgan fingerprint density at radius 2 is 1.96 bits per heavy atom. The zero-order chi connectivity index (χ0) is 16.8. The Morgan fingerprint density at radius 3 is 2.61 bits per heavy atom. The second-order valence-electron chi connectivity index (χ2n) is 5.19. The number of ether oxygens (including phenoxy) is 1. The van der Waals surface area contributed by atoms with Crippen molar-refractivity contribution in [2.45, 2.75) is 26.5 Å². The van der Waals surface area contributed by atoms with Crippen molar-refractivity contribution < 1.29 is 14.5 Å². The fourth-order valence-corrected chi connectivity index (χ4v) is 2.04. The Kier molecular flexibility index (Phi) is 5.30. The van der Waals surface area contributed by atoms with Gasteiger partial charge >= 0.3 is 5.69 Å². The number of nitro benzene ring substituents is 1. The van der Waals surface area contributed by atoms with Gasteiger partial charge in [0.15, 0.2) is 11.9 Å². The van der Waals surface area contributed by atoms with Gasteiger partial charge in [0, 0.05) is 12.6 Å². The van der Waals surface area contributed by atoms with E-state index in [9.17, 15) is 14.9 Å². The van der Waals surface area contributed by atoms with Gasteiger partial charge < -0.3 is 10.1 Å². The van der Waals surface area contributed by atoms with E-state index in [1.54, 1.807) is 19.9 Å². The molecule has 1 atom stereocenters. The summed E-state index contributed by atoms with van der Waals surface area (Å²) >= 11 is 0. The van der Waals surface area contributed by atoms with Crippen LogP contribution >= 0.6 is 0 Å². The third-order valence-corrected chi connectivity index (χ3v) is 3.29. The molecule has 2 aromatic rings. The van der Waals surface area contributed by atoms with Crippen LogP contribution < -0.4 is 10.1 Å². The molecule has 2 aromatic carbocycles. The number of rotatable bonds is 6. The second-order valence-corrected chi connectivity index (χ2v) is 5.19. The van der Waals surface area contributed by atoms with E-state index in [1.165, 1.54) is 12.1 Å². The zero-order valence-electron chi connectivity index (χ0n) is 13.0. The maximum atomic E-state index is 12.1. The largest absolute Gasteiger partial charge is 0.474 e. The van der Waals surface area contributed by atoms with Gasteiger partial charge in [0.2, 0.25) is 0 Å². The monoisotopic (exact) mass is 314 g/mol. The van der Waals surface area contributed by atoms with Crippen LogP contribution in [0.5, 0.6) is 5.75 Å². The van der Waals surface area contributed by atoms with E-state index < -0.39 is 11.0 Å². The number of nitrogens with zero attached hydrogens (tertiary/aromatic N) is 1. The normalized spacial score (nSPS) is 11.6. The first-order chi connectivity index (χ1) is 11.0. The van der Waals surface area contributed by atoms with Crippen molar-refractivity contribution in [2.24, 2.45) is 0 Å². The summed E-state index contributed by atoms with van der Waals surface area (Å²) in [5.41, 5.74) is 1.58. The van der Waals surface area contributed by atoms with Crippen LogP contribution in [0, 0.1) is 17.0 Å². The van der Waals surface area contributed by atoms with Crippen molar-refractivity contribution in [3.05, 3.63) is 69.8 Å². The molecule has 6 heteroatoms. The van der Waals surface area contributed by atoms with Crippen molar-refractivity contribution in [1.82, 2.24) is 5.32 Å². The molecule has 0 aliphatic heterocycles. The van der Waals surface area contributed by atoms with Crippen LogP contribution in [-0.2, 0) is 11.3 Å². The minimum atomic E-state index is -0.833. The molecule has 23 heavy (non-hydrogen) atoms. The minimum absolute atomic E-state index is 0.0861. The Labute approximate surface area is 134 Å². The van der Waals surface area contributed by atoms with Gasteiger partial charge in [-0.15, -0.1) is 0 Å². The molecule has 120 valence electrons. The highest BCUT2D eigenvalue weighted by Gasteiger charge is 2.21. The van der Waals surface area contributed by atoms with Crippen LogP contribution in [0.3, 0.4) is 0 Å². The van der Waals surface area contributed by atoms with E-state index in [2.05, 4.69) is 5.32 Å². The molecule has 0 bridgehead atoms. The van der Waals surface area contributed by atoms with Gasteiger partial charge in [-0.1, -0.05) is 36.4 Å². The third kappa shape index (κ3) is 4.54. The van der Waals surface area contributed by atoms with Gasteiger partial charge in [-0.3, -0.25) is 14.9 Å². The number of aryl methyl sites for hydroxylation is 1. The Bertz CT molecular complexity index is 701. The lowest BCUT2D eigenvalue weighted by atomic mass is 10.2. The Morgan fingerprint density at radius 1 is 1.26 bits per heavy atom. The van der Waals surface area contributed by atoms with Gasteiger partial charge in [0.05, 0.1) is 4.92 Å². The first kappa shape index (κ1) is 16.5. The quantitative estimate of drug-likeness (QED) is 0.656. The number of carbonyl (C=O) groups is 1. The van der Waals surface area contributed by atoms with Crippen LogP contribution in [-0.4, -0.2) is 16.9 Å². The summed E-state index contributed by atoms with van der Waals surface area (Å²) < 4.78 is 5.46. The first-order valence-corrected chi connectivity index (χ1v) is 7.20. The van der Waals surface area contributed by atoms with Crippen molar-refractivity contribution in [1.29, 1.82) is 0 Å². The fraction of sp³-hybridized carbons (Fsp3) is 0.235. The topological polar surface area (TPSA) is 81.5 Å². The highest BCUT2D eigenvalue weighted by atomic mass is 16.6. The Hall–Kier alpha value is -2.89. The molecule has 1 amide bonds. The fourth-order valence-electron chi connectivity index (χ4n) is 2.04. The van der Waals surface area contributed by atoms with E-state index >= 15 is 0 Å². The molecule has 0 saturated heterocycles. The molecule has 1 N–H and O–H groups in total. The highest BCUT2D eigenvalue weighted by Crippen LogP contribution is 2.28. The molecule has 0 heterocycles. The van der Waals surface area contributed by atoms with E-state index in [0.717, 1.165) is 11.1 Å². The predicted octanol–water partition coefficient (Wildman–Crippen LogP) is 2.99. The van der Waals surface area contributed by atoms with Crippen LogP contribution in [0.4, 0.5) is 5.69 Å². The van der Waals surface area contributed by atoms with Gasteiger partial charge in [-0.2, -0.15) is 0 Å². The molecule has 0 radical (unpaired) electrons. The number of nitrogens with one attached hydrogen (secondary N) is 1. The van der Waals surface area contributed by atoms with Gasteiger partial charge in [-0.05, 0) is 31.0 Å². The van der Waals surface area contributed by atoms with E-state index in [1.807, 2.05) is 30.3 Å². The molecule has 0 aliphatic carbocycles. The van der Waals surface area contributed by atoms with Crippen LogP contribution in [0.2, 0.25) is 0 Å². The van der Waals surface area contributed by atoms with Crippen molar-refractivity contribution in [2.75, 3.05) is 0 Å². The number of nitro groups is 1. The molecule has 0 saturated carbocycles. The number of benzene rings is 2. The zero-order valence-corrected chi connectivity index (χ0v) is 13.0. The van der Waals surface area contributed by atoms with E-state index in [-0.39, 0.29) is 17.3 Å². The number of amides is 1. The highest BCUT2D eigenvalue weighted by molar-refractivity contribution is 5.80. The molecular formula is C17H18N2O4. The average molecular weight is 314 g/mol. The maximum Gasteiger partial charge on any atom is 0.311 e. The van der Waals surface area contributed by atoms with Crippen molar-refractivity contribution in [3.8, 4) is 5.75 Å². The standard InChI is InChI=1S/C17H18N2O4/c1-12-8-9-16(15(10-12)19(21)22)23-13(2)17(20)18-11-14-6-4-3-5-7-14/h3-10,13H,11H2,1-2H3,(H,18,20)/t13-/m0/s1. The van der Waals surface area contributed by atoms with Crippen LogP contribution in [0.1, 0.15) is 18.1 Å². The summed E-state index contributed by atoms with van der Waals surface area (Å²) in [4.78, 5) is 22.6. The maximum absolute atomic E-state index is 12.1. The smallest absolute Gasteiger partial charge is 0.311 e. The summed E-state index contributed by atoms with van der Waals surface area (Å²) in [7, 11) is 0. The predicted molar refractivity (Wildman–Crippen MR) is 86.2 cm³/mol. The molecule has 6 nitrogen and oxygen atoms in total. The minimum Gasteiger partial charge on any atom is -0.474 e. The lowest BCUT2D eigenvalue weighted by molar-refractivity contribution is -0.386. The molecule has 0 fully saturated rings. The molecule has 0 unspecified atom stereocenters. The average Bonchev–Trinajstić information content (AvgIpc) is 2.55. The molecule has 0 aromatic heterocycles. The van der Waals surface area contributed by atoms with Crippen molar-refractivity contribution in [3.63, 3.8) is 0 Å². The van der Waals surface area contributed by atoms with Gasteiger partial charge in [-0.25, -0.2) is 0 Å².